The van der Waals surface area contributed by atoms with Gasteiger partial charge in [-0.2, -0.15) is 0 Å². The van der Waals surface area contributed by atoms with Crippen LogP contribution < -0.4 is 4.72 Å². The molecule has 90 valence electrons. The van der Waals surface area contributed by atoms with E-state index >= 15 is 0 Å². The number of hydrogen-bond acceptors (Lipinski definition) is 3. The highest BCUT2D eigenvalue weighted by Gasteiger charge is 2.19. The van der Waals surface area contributed by atoms with Gasteiger partial charge in [0.15, 0.2) is 0 Å². The first-order chi connectivity index (χ1) is 7.47. The first-order valence-corrected chi connectivity index (χ1v) is 6.59. The van der Waals surface area contributed by atoms with Gasteiger partial charge < -0.3 is 4.74 Å². The van der Waals surface area contributed by atoms with Crippen molar-refractivity contribution in [3.63, 3.8) is 0 Å². The van der Waals surface area contributed by atoms with Crippen molar-refractivity contribution in [3.05, 3.63) is 29.3 Å². The van der Waals surface area contributed by atoms with E-state index < -0.39 is 10.0 Å². The van der Waals surface area contributed by atoms with Gasteiger partial charge in [-0.3, -0.25) is 0 Å². The molecule has 0 aliphatic heterocycles. The zero-order valence-corrected chi connectivity index (χ0v) is 10.7. The molecule has 1 N–H and O–H groups in total. The van der Waals surface area contributed by atoms with E-state index in [1.54, 1.807) is 19.1 Å². The quantitative estimate of drug-likeness (QED) is 0.879. The lowest BCUT2D eigenvalue weighted by Crippen LogP contribution is -2.35. The number of ether oxygens (including phenoxy) is 1. The molecule has 0 spiro atoms. The topological polar surface area (TPSA) is 55.4 Å². The van der Waals surface area contributed by atoms with Crippen molar-refractivity contribution in [3.8, 4) is 0 Å². The molecule has 1 atom stereocenters. The molecule has 0 bridgehead atoms. The van der Waals surface area contributed by atoms with Crippen molar-refractivity contribution in [2.24, 2.45) is 0 Å². The third-order valence-corrected chi connectivity index (χ3v) is 3.99. The zero-order valence-electron chi connectivity index (χ0n) is 9.10. The van der Waals surface area contributed by atoms with E-state index in [0.717, 1.165) is 0 Å². The van der Waals surface area contributed by atoms with Crippen LogP contribution in [0, 0.1) is 0 Å². The van der Waals surface area contributed by atoms with Crippen LogP contribution in [0.1, 0.15) is 6.92 Å². The van der Waals surface area contributed by atoms with Crippen molar-refractivity contribution in [1.29, 1.82) is 0 Å². The lowest BCUT2D eigenvalue weighted by atomic mass is 10.4. The monoisotopic (exact) mass is 263 g/mol. The second-order valence-electron chi connectivity index (χ2n) is 3.41. The van der Waals surface area contributed by atoms with Crippen LogP contribution in [0.25, 0.3) is 0 Å². The van der Waals surface area contributed by atoms with Gasteiger partial charge in [0.2, 0.25) is 10.0 Å². The van der Waals surface area contributed by atoms with E-state index in [4.69, 9.17) is 16.3 Å². The predicted molar refractivity (Wildman–Crippen MR) is 63.1 cm³/mol. The largest absolute Gasteiger partial charge is 0.383 e. The summed E-state index contributed by atoms with van der Waals surface area (Å²) in [5.74, 6) is 0. The van der Waals surface area contributed by atoms with Gasteiger partial charge in [0.25, 0.3) is 0 Å². The Morgan fingerprint density at radius 3 is 2.62 bits per heavy atom. The van der Waals surface area contributed by atoms with Gasteiger partial charge in [-0.1, -0.05) is 23.7 Å². The second-order valence-corrected chi connectivity index (χ2v) is 5.50. The SMILES string of the molecule is COC[C@H](C)NS(=O)(=O)c1ccccc1Cl. The van der Waals surface area contributed by atoms with E-state index in [1.165, 1.54) is 19.2 Å². The smallest absolute Gasteiger partial charge is 0.242 e. The average Bonchev–Trinajstić information content (AvgIpc) is 2.17. The van der Waals surface area contributed by atoms with Crippen LogP contribution in [0.15, 0.2) is 29.2 Å². The molecule has 0 aliphatic carbocycles. The van der Waals surface area contributed by atoms with Crippen molar-refractivity contribution < 1.29 is 13.2 Å². The summed E-state index contributed by atoms with van der Waals surface area (Å²) in [7, 11) is -2.06. The molecule has 1 rings (SSSR count). The fourth-order valence-corrected chi connectivity index (χ4v) is 3.02. The molecule has 0 aromatic heterocycles. The lowest BCUT2D eigenvalue weighted by molar-refractivity contribution is 0.180. The molecule has 0 aliphatic rings. The minimum Gasteiger partial charge on any atom is -0.383 e. The van der Waals surface area contributed by atoms with E-state index in [-0.39, 0.29) is 16.0 Å². The zero-order chi connectivity index (χ0) is 12.2. The molecular formula is C10H14ClNO3S. The van der Waals surface area contributed by atoms with E-state index in [0.29, 0.717) is 6.61 Å². The minimum atomic E-state index is -3.57. The Balaban J connectivity index is 2.91. The summed E-state index contributed by atoms with van der Waals surface area (Å²) >= 11 is 5.82. The van der Waals surface area contributed by atoms with Crippen molar-refractivity contribution >= 4 is 21.6 Å². The van der Waals surface area contributed by atoms with Gasteiger partial charge >= 0.3 is 0 Å². The molecule has 1 aromatic rings. The molecule has 0 radical (unpaired) electrons. The summed E-state index contributed by atoms with van der Waals surface area (Å²) in [5, 5.41) is 0.208. The van der Waals surface area contributed by atoms with Gasteiger partial charge in [-0.05, 0) is 19.1 Å². The Morgan fingerprint density at radius 1 is 1.44 bits per heavy atom. The maximum atomic E-state index is 11.9. The summed E-state index contributed by atoms with van der Waals surface area (Å²) in [5.41, 5.74) is 0. The van der Waals surface area contributed by atoms with E-state index in [1.807, 2.05) is 0 Å². The maximum absolute atomic E-state index is 11.9. The first-order valence-electron chi connectivity index (χ1n) is 4.73. The van der Waals surface area contributed by atoms with Crippen LogP contribution in [0.4, 0.5) is 0 Å². The molecular weight excluding hydrogens is 250 g/mol. The number of benzene rings is 1. The van der Waals surface area contributed by atoms with Gasteiger partial charge in [0.05, 0.1) is 11.6 Å². The van der Waals surface area contributed by atoms with Crippen LogP contribution in [0.3, 0.4) is 0 Å². The fraction of sp³-hybridized carbons (Fsp3) is 0.400. The molecule has 0 unspecified atom stereocenters. The number of methoxy groups -OCH3 is 1. The third kappa shape index (κ3) is 3.45. The average molecular weight is 264 g/mol. The van der Waals surface area contributed by atoms with Crippen LogP contribution in [-0.2, 0) is 14.8 Å². The Morgan fingerprint density at radius 2 is 2.06 bits per heavy atom. The predicted octanol–water partition coefficient (Wildman–Crippen LogP) is 1.65. The minimum absolute atomic E-state index is 0.0830. The van der Waals surface area contributed by atoms with Crippen molar-refractivity contribution in [1.82, 2.24) is 4.72 Å². The summed E-state index contributed by atoms with van der Waals surface area (Å²) in [4.78, 5) is 0.0830. The van der Waals surface area contributed by atoms with Gasteiger partial charge in [-0.15, -0.1) is 0 Å². The molecule has 4 nitrogen and oxygen atoms in total. The molecule has 1 aromatic carbocycles. The molecule has 0 saturated carbocycles. The fourth-order valence-electron chi connectivity index (χ4n) is 1.28. The Kier molecular flexibility index (Phi) is 4.73. The molecule has 0 heterocycles. The highest BCUT2D eigenvalue weighted by molar-refractivity contribution is 7.89. The lowest BCUT2D eigenvalue weighted by Gasteiger charge is -2.13. The summed E-state index contributed by atoms with van der Waals surface area (Å²) < 4.78 is 31.1. The number of sulfonamides is 1. The molecule has 0 fully saturated rings. The van der Waals surface area contributed by atoms with Crippen LogP contribution in [0.2, 0.25) is 5.02 Å². The standard InChI is InChI=1S/C10H14ClNO3S/c1-8(7-15-2)12-16(13,14)10-6-4-3-5-9(10)11/h3-6,8,12H,7H2,1-2H3/t8-/m0/s1. The van der Waals surface area contributed by atoms with Crippen LogP contribution in [-0.4, -0.2) is 28.2 Å². The van der Waals surface area contributed by atoms with Crippen LogP contribution in [0.5, 0.6) is 0 Å². The Labute approximate surface area is 101 Å². The van der Waals surface area contributed by atoms with Gasteiger partial charge in [0, 0.05) is 13.2 Å². The Bertz CT molecular complexity index is 447. The van der Waals surface area contributed by atoms with Crippen molar-refractivity contribution in [2.45, 2.75) is 17.9 Å². The number of hydrogen-bond donors (Lipinski definition) is 1. The van der Waals surface area contributed by atoms with Gasteiger partial charge in [0.1, 0.15) is 4.90 Å². The molecule has 0 saturated heterocycles. The second kappa shape index (κ2) is 5.63. The third-order valence-electron chi connectivity index (χ3n) is 1.90. The first kappa shape index (κ1) is 13.4. The highest BCUT2D eigenvalue weighted by Crippen LogP contribution is 2.20. The summed E-state index contributed by atoms with van der Waals surface area (Å²) in [6.45, 7) is 2.03. The normalized spacial score (nSPS) is 13.7. The van der Waals surface area contributed by atoms with Gasteiger partial charge in [-0.25, -0.2) is 13.1 Å². The number of rotatable bonds is 5. The van der Waals surface area contributed by atoms with Crippen molar-refractivity contribution in [2.75, 3.05) is 13.7 Å². The Hall–Kier alpha value is -0.620. The number of halogens is 1. The number of nitrogens with one attached hydrogen (secondary N) is 1. The molecule has 6 heteroatoms. The molecule has 0 amide bonds. The summed E-state index contributed by atoms with van der Waals surface area (Å²) in [6, 6.07) is 6.01. The molecule has 16 heavy (non-hydrogen) atoms. The van der Waals surface area contributed by atoms with E-state index in [9.17, 15) is 8.42 Å². The maximum Gasteiger partial charge on any atom is 0.242 e. The van der Waals surface area contributed by atoms with E-state index in [2.05, 4.69) is 4.72 Å². The van der Waals surface area contributed by atoms with Crippen LogP contribution >= 0.6 is 11.6 Å². The summed E-state index contributed by atoms with van der Waals surface area (Å²) in [6.07, 6.45) is 0. The highest BCUT2D eigenvalue weighted by atomic mass is 35.5.